The van der Waals surface area contributed by atoms with Crippen molar-refractivity contribution in [1.82, 2.24) is 29.1 Å². The van der Waals surface area contributed by atoms with Crippen molar-refractivity contribution in [3.63, 3.8) is 0 Å². The lowest BCUT2D eigenvalue weighted by Gasteiger charge is -1.98. The van der Waals surface area contributed by atoms with Gasteiger partial charge in [-0.2, -0.15) is 4.52 Å². The van der Waals surface area contributed by atoms with Gasteiger partial charge in [-0.1, -0.05) is 0 Å². The summed E-state index contributed by atoms with van der Waals surface area (Å²) in [5, 5.41) is 4.27. The van der Waals surface area contributed by atoms with E-state index in [1.807, 2.05) is 25.5 Å². The van der Waals surface area contributed by atoms with Crippen LogP contribution < -0.4 is 0 Å². The van der Waals surface area contributed by atoms with E-state index in [0.717, 1.165) is 28.5 Å². The van der Waals surface area contributed by atoms with Crippen LogP contribution in [0.3, 0.4) is 0 Å². The molecule has 6 nitrogen and oxygen atoms in total. The molecule has 0 aromatic carbocycles. The Morgan fingerprint density at radius 2 is 1.93 bits per heavy atom. The van der Waals surface area contributed by atoms with E-state index < -0.39 is 0 Å². The number of fused-ring (bicyclic) bond motifs is 3. The Bertz CT molecular complexity index is 662. The third-order valence-corrected chi connectivity index (χ3v) is 2.41. The fraction of sp³-hybridized carbons (Fsp3) is 0.333. The molecular formula is C9H10N6. The molecule has 15 heavy (non-hydrogen) atoms. The van der Waals surface area contributed by atoms with Gasteiger partial charge in [-0.15, -0.1) is 5.10 Å². The third-order valence-electron chi connectivity index (χ3n) is 2.41. The van der Waals surface area contributed by atoms with Crippen molar-refractivity contribution >= 4 is 16.8 Å². The van der Waals surface area contributed by atoms with E-state index in [9.17, 15) is 0 Å². The lowest BCUT2D eigenvalue weighted by Crippen LogP contribution is -2.00. The Kier molecular flexibility index (Phi) is 1.41. The van der Waals surface area contributed by atoms with Gasteiger partial charge in [0.1, 0.15) is 11.6 Å². The highest BCUT2D eigenvalue weighted by Crippen LogP contribution is 2.15. The summed E-state index contributed by atoms with van der Waals surface area (Å²) < 4.78 is 3.61. The zero-order chi connectivity index (χ0) is 10.6. The molecule has 0 N–H and O–H groups in total. The number of rotatable bonds is 0. The second-order valence-corrected chi connectivity index (χ2v) is 3.58. The van der Waals surface area contributed by atoms with E-state index in [0.29, 0.717) is 0 Å². The first kappa shape index (κ1) is 8.34. The Hall–Kier alpha value is -1.98. The molecule has 0 aliphatic heterocycles. The summed E-state index contributed by atoms with van der Waals surface area (Å²) in [6, 6.07) is 0. The molecule has 76 valence electrons. The van der Waals surface area contributed by atoms with Crippen LogP contribution in [0.5, 0.6) is 0 Å². The molecule has 3 aromatic heterocycles. The first-order valence-electron chi connectivity index (χ1n) is 4.68. The third kappa shape index (κ3) is 0.984. The van der Waals surface area contributed by atoms with Crippen LogP contribution in [0.2, 0.25) is 0 Å². The molecule has 0 saturated heterocycles. The summed E-state index contributed by atoms with van der Waals surface area (Å²) in [4.78, 5) is 13.1. The van der Waals surface area contributed by atoms with Crippen molar-refractivity contribution < 1.29 is 0 Å². The molecule has 0 radical (unpaired) electrons. The molecule has 3 heterocycles. The first-order chi connectivity index (χ1) is 7.16. The molecular weight excluding hydrogens is 192 g/mol. The number of hydrogen-bond acceptors (Lipinski definition) is 4. The van der Waals surface area contributed by atoms with Gasteiger partial charge in [-0.25, -0.2) is 15.0 Å². The van der Waals surface area contributed by atoms with Gasteiger partial charge in [-0.3, -0.25) is 0 Å². The van der Waals surface area contributed by atoms with Crippen molar-refractivity contribution in [2.75, 3.05) is 0 Å². The SMILES string of the molecule is Cc1nc2c3ncn(C)c3nc(C)n2n1. The Morgan fingerprint density at radius 1 is 1.13 bits per heavy atom. The van der Waals surface area contributed by atoms with Gasteiger partial charge in [0.05, 0.1) is 6.33 Å². The van der Waals surface area contributed by atoms with E-state index in [1.165, 1.54) is 0 Å². The minimum Gasteiger partial charge on any atom is -0.318 e. The summed E-state index contributed by atoms with van der Waals surface area (Å²) >= 11 is 0. The second kappa shape index (κ2) is 2.53. The normalized spacial score (nSPS) is 11.7. The molecule has 3 rings (SSSR count). The van der Waals surface area contributed by atoms with Gasteiger partial charge >= 0.3 is 0 Å². The molecule has 0 saturated carbocycles. The summed E-state index contributed by atoms with van der Waals surface area (Å²) in [6.07, 6.45) is 1.74. The van der Waals surface area contributed by atoms with Gasteiger partial charge in [-0.05, 0) is 13.8 Å². The van der Waals surface area contributed by atoms with Crippen LogP contribution in [-0.4, -0.2) is 29.1 Å². The fourth-order valence-corrected chi connectivity index (χ4v) is 1.71. The van der Waals surface area contributed by atoms with Crippen LogP contribution in [0.25, 0.3) is 16.8 Å². The van der Waals surface area contributed by atoms with E-state index in [1.54, 1.807) is 10.8 Å². The highest BCUT2D eigenvalue weighted by Gasteiger charge is 2.12. The number of imidazole rings is 1. The van der Waals surface area contributed by atoms with E-state index in [4.69, 9.17) is 0 Å². The molecule has 0 aliphatic rings. The smallest absolute Gasteiger partial charge is 0.187 e. The number of nitrogens with zero attached hydrogens (tertiary/aromatic N) is 6. The largest absolute Gasteiger partial charge is 0.318 e. The Labute approximate surface area is 85.6 Å². The molecule has 0 unspecified atom stereocenters. The van der Waals surface area contributed by atoms with Crippen LogP contribution in [0.4, 0.5) is 0 Å². The van der Waals surface area contributed by atoms with Crippen molar-refractivity contribution in [2.24, 2.45) is 7.05 Å². The van der Waals surface area contributed by atoms with Crippen LogP contribution in [-0.2, 0) is 7.05 Å². The maximum absolute atomic E-state index is 4.44. The molecule has 6 heteroatoms. The lowest BCUT2D eigenvalue weighted by atomic mass is 10.5. The molecule has 3 aromatic rings. The van der Waals surface area contributed by atoms with Crippen LogP contribution in [0.1, 0.15) is 11.6 Å². The summed E-state index contributed by atoms with van der Waals surface area (Å²) in [5.41, 5.74) is 2.41. The van der Waals surface area contributed by atoms with E-state index >= 15 is 0 Å². The van der Waals surface area contributed by atoms with Gasteiger partial charge in [0.2, 0.25) is 0 Å². The minimum atomic E-state index is 0.734. The van der Waals surface area contributed by atoms with Gasteiger partial charge in [0, 0.05) is 7.05 Å². The number of hydrogen-bond donors (Lipinski definition) is 0. The fourth-order valence-electron chi connectivity index (χ4n) is 1.71. The van der Waals surface area contributed by atoms with Gasteiger partial charge in [0.25, 0.3) is 0 Å². The maximum Gasteiger partial charge on any atom is 0.187 e. The number of aryl methyl sites for hydroxylation is 3. The topological polar surface area (TPSA) is 60.9 Å². The zero-order valence-corrected chi connectivity index (χ0v) is 8.76. The van der Waals surface area contributed by atoms with Gasteiger partial charge in [0.15, 0.2) is 16.8 Å². The zero-order valence-electron chi connectivity index (χ0n) is 8.76. The highest BCUT2D eigenvalue weighted by molar-refractivity contribution is 5.85. The molecule has 0 fully saturated rings. The predicted molar refractivity (Wildman–Crippen MR) is 54.5 cm³/mol. The molecule has 0 spiro atoms. The van der Waals surface area contributed by atoms with Crippen molar-refractivity contribution in [3.05, 3.63) is 18.0 Å². The maximum atomic E-state index is 4.44. The standard InChI is InChI=1S/C9H10N6/c1-5-11-9-7-8(14(3)4-10-7)12-6(2)15(9)13-5/h4H,1-3H3. The predicted octanol–water partition coefficient (Wildman–Crippen LogP) is 0.628. The van der Waals surface area contributed by atoms with E-state index in [-0.39, 0.29) is 0 Å². The summed E-state index contributed by atoms with van der Waals surface area (Å²) in [7, 11) is 1.92. The van der Waals surface area contributed by atoms with Crippen molar-refractivity contribution in [1.29, 1.82) is 0 Å². The monoisotopic (exact) mass is 202 g/mol. The lowest BCUT2D eigenvalue weighted by molar-refractivity contribution is 0.845. The molecule has 0 amide bonds. The minimum absolute atomic E-state index is 0.734. The molecule has 0 atom stereocenters. The van der Waals surface area contributed by atoms with Gasteiger partial charge < -0.3 is 4.57 Å². The highest BCUT2D eigenvalue weighted by atomic mass is 15.3. The Morgan fingerprint density at radius 3 is 2.73 bits per heavy atom. The van der Waals surface area contributed by atoms with Crippen LogP contribution in [0, 0.1) is 13.8 Å². The van der Waals surface area contributed by atoms with E-state index in [2.05, 4.69) is 20.1 Å². The quantitative estimate of drug-likeness (QED) is 0.536. The van der Waals surface area contributed by atoms with Crippen LogP contribution >= 0.6 is 0 Å². The van der Waals surface area contributed by atoms with Crippen molar-refractivity contribution in [3.8, 4) is 0 Å². The summed E-state index contributed by atoms with van der Waals surface area (Å²) in [5.74, 6) is 1.56. The molecule has 0 bridgehead atoms. The summed E-state index contributed by atoms with van der Waals surface area (Å²) in [6.45, 7) is 3.77. The number of aromatic nitrogens is 6. The average molecular weight is 202 g/mol. The average Bonchev–Trinajstić information content (AvgIpc) is 2.71. The van der Waals surface area contributed by atoms with Crippen LogP contribution in [0.15, 0.2) is 6.33 Å². The van der Waals surface area contributed by atoms with Crippen molar-refractivity contribution in [2.45, 2.75) is 13.8 Å². The Balaban J connectivity index is 2.63. The molecule has 0 aliphatic carbocycles. The second-order valence-electron chi connectivity index (χ2n) is 3.58. The first-order valence-corrected chi connectivity index (χ1v) is 4.68.